The maximum Gasteiger partial charge on any atom is 0.410 e. The lowest BCUT2D eigenvalue weighted by atomic mass is 10.0. The number of carbonyl (C=O) groups excluding carboxylic acids is 5. The van der Waals surface area contributed by atoms with Crippen LogP contribution in [0.4, 0.5) is 18.0 Å². The molecule has 17 heteroatoms. The zero-order chi connectivity index (χ0) is 36.6. The van der Waals surface area contributed by atoms with E-state index in [2.05, 4.69) is 15.4 Å². The summed E-state index contributed by atoms with van der Waals surface area (Å²) in [4.78, 5) is 70.3. The molecular weight excluding hydrogens is 695 g/mol. The van der Waals surface area contributed by atoms with Gasteiger partial charge in [-0.1, -0.05) is 49.3 Å². The van der Waals surface area contributed by atoms with E-state index in [1.807, 2.05) is 30.3 Å². The molecule has 0 bridgehead atoms. The molecule has 2 saturated carbocycles. The van der Waals surface area contributed by atoms with Crippen LogP contribution in [-0.2, 0) is 47.0 Å². The van der Waals surface area contributed by atoms with Crippen LogP contribution in [0, 0.1) is 5.92 Å². The normalized spacial score (nSPS) is 28.4. The summed E-state index contributed by atoms with van der Waals surface area (Å²) in [6.07, 6.45) is -1.69. The zero-order valence-electron chi connectivity index (χ0n) is 28.0. The molecule has 0 aromatic heterocycles. The first-order valence-electron chi connectivity index (χ1n) is 17.4. The predicted molar refractivity (Wildman–Crippen MR) is 175 cm³/mol. The fourth-order valence-electron chi connectivity index (χ4n) is 7.05. The van der Waals surface area contributed by atoms with Crippen LogP contribution in [0.5, 0.6) is 0 Å². The van der Waals surface area contributed by atoms with E-state index in [0.717, 1.165) is 16.0 Å². The van der Waals surface area contributed by atoms with Crippen LogP contribution in [-0.4, -0.2) is 89.6 Å². The summed E-state index contributed by atoms with van der Waals surface area (Å²) in [7, 11) is -3.95. The first-order valence-corrected chi connectivity index (χ1v) is 18.9. The maximum absolute atomic E-state index is 14.1. The van der Waals surface area contributed by atoms with Crippen molar-refractivity contribution in [2.75, 3.05) is 6.54 Å². The van der Waals surface area contributed by atoms with Gasteiger partial charge in [0.15, 0.2) is 0 Å². The summed E-state index contributed by atoms with van der Waals surface area (Å²) in [5.41, 5.74) is 0.297. The number of amides is 5. The lowest BCUT2D eigenvalue weighted by Crippen LogP contribution is -2.58. The molecule has 0 unspecified atom stereocenters. The second-order valence-electron chi connectivity index (χ2n) is 14.1. The Balaban J connectivity index is 1.24. The molecule has 3 fully saturated rings. The minimum atomic E-state index is -4.58. The molecule has 1 aromatic carbocycles. The van der Waals surface area contributed by atoms with E-state index in [9.17, 15) is 45.6 Å². The maximum atomic E-state index is 14.1. The second-order valence-corrected chi connectivity index (χ2v) is 16.1. The van der Waals surface area contributed by atoms with Crippen LogP contribution in [0.1, 0.15) is 81.8 Å². The number of nitrogens with zero attached hydrogens (tertiary/aromatic N) is 2. The number of hydrogen-bond donors (Lipinski definition) is 3. The highest BCUT2D eigenvalue weighted by Gasteiger charge is 2.62. The number of rotatable bonds is 7. The molecule has 5 atom stereocenters. The summed E-state index contributed by atoms with van der Waals surface area (Å²) in [5.74, 6) is -3.90. The highest BCUT2D eigenvalue weighted by molar-refractivity contribution is 7.91. The quantitative estimate of drug-likeness (QED) is 0.359. The van der Waals surface area contributed by atoms with Crippen molar-refractivity contribution in [1.82, 2.24) is 25.2 Å². The van der Waals surface area contributed by atoms with Crippen molar-refractivity contribution in [3.8, 4) is 0 Å². The second kappa shape index (κ2) is 14.5. The number of carbonyl (C=O) groups is 5. The summed E-state index contributed by atoms with van der Waals surface area (Å²) in [6, 6.07) is 4.92. The Bertz CT molecular complexity index is 1670. The van der Waals surface area contributed by atoms with E-state index in [1.54, 1.807) is 6.08 Å². The number of allylic oxidation sites excluding steroid dienone is 1. The van der Waals surface area contributed by atoms with Gasteiger partial charge in [0.2, 0.25) is 27.7 Å². The Morgan fingerprint density at radius 3 is 2.39 bits per heavy atom. The molecule has 0 radical (unpaired) electrons. The molecule has 1 saturated heterocycles. The Labute approximate surface area is 293 Å². The third kappa shape index (κ3) is 8.67. The van der Waals surface area contributed by atoms with Crippen LogP contribution in [0.15, 0.2) is 36.4 Å². The van der Waals surface area contributed by atoms with Gasteiger partial charge in [0, 0.05) is 31.8 Å². The Hall–Kier alpha value is -4.15. The molecule has 0 spiro atoms. The Morgan fingerprint density at radius 1 is 1.02 bits per heavy atom. The van der Waals surface area contributed by atoms with Gasteiger partial charge in [-0.15, -0.1) is 0 Å². The molecule has 3 aliphatic heterocycles. The zero-order valence-corrected chi connectivity index (χ0v) is 28.8. The van der Waals surface area contributed by atoms with Gasteiger partial charge in [0.05, 0.1) is 18.2 Å². The van der Waals surface area contributed by atoms with Gasteiger partial charge in [-0.2, -0.15) is 13.2 Å². The van der Waals surface area contributed by atoms with E-state index in [0.29, 0.717) is 51.6 Å². The fourth-order valence-corrected chi connectivity index (χ4v) is 8.41. The topological polar surface area (TPSA) is 171 Å². The molecule has 3 N–H and O–H groups in total. The van der Waals surface area contributed by atoms with Crippen molar-refractivity contribution in [1.29, 1.82) is 0 Å². The minimum absolute atomic E-state index is 0.0929. The van der Waals surface area contributed by atoms with Crippen molar-refractivity contribution in [3.63, 3.8) is 0 Å². The molecule has 51 heavy (non-hydrogen) atoms. The summed E-state index contributed by atoms with van der Waals surface area (Å²) in [5, 5.41) is 4.47. The molecule has 2 aliphatic carbocycles. The number of halogens is 3. The largest absolute Gasteiger partial charge is 0.444 e. The van der Waals surface area contributed by atoms with Crippen molar-refractivity contribution < 1.29 is 50.3 Å². The van der Waals surface area contributed by atoms with E-state index >= 15 is 0 Å². The molecule has 6 rings (SSSR count). The van der Waals surface area contributed by atoms with Crippen LogP contribution in [0.2, 0.25) is 0 Å². The molecule has 278 valence electrons. The van der Waals surface area contributed by atoms with Crippen molar-refractivity contribution in [2.45, 2.75) is 119 Å². The van der Waals surface area contributed by atoms with Gasteiger partial charge in [0.25, 0.3) is 5.91 Å². The van der Waals surface area contributed by atoms with Gasteiger partial charge in [-0.25, -0.2) is 13.2 Å². The van der Waals surface area contributed by atoms with Gasteiger partial charge >= 0.3 is 12.3 Å². The first kappa shape index (κ1) is 36.6. The minimum Gasteiger partial charge on any atom is -0.444 e. The van der Waals surface area contributed by atoms with Gasteiger partial charge in [0.1, 0.15) is 23.7 Å². The average molecular weight is 738 g/mol. The van der Waals surface area contributed by atoms with Crippen LogP contribution in [0.3, 0.4) is 0 Å². The van der Waals surface area contributed by atoms with Gasteiger partial charge in [-0.3, -0.25) is 28.8 Å². The first-order chi connectivity index (χ1) is 24.1. The van der Waals surface area contributed by atoms with E-state index in [-0.39, 0.29) is 25.8 Å². The van der Waals surface area contributed by atoms with Gasteiger partial charge < -0.3 is 20.3 Å². The van der Waals surface area contributed by atoms with E-state index in [4.69, 9.17) is 4.74 Å². The molecule has 5 aliphatic rings. The third-order valence-corrected chi connectivity index (χ3v) is 12.0. The van der Waals surface area contributed by atoms with Crippen LogP contribution < -0.4 is 15.4 Å². The fraction of sp³-hybridized carbons (Fsp3) is 0.618. The third-order valence-electron chi connectivity index (χ3n) is 10.2. The smallest absolute Gasteiger partial charge is 0.410 e. The van der Waals surface area contributed by atoms with Crippen LogP contribution in [0.25, 0.3) is 0 Å². The average Bonchev–Trinajstić information content (AvgIpc) is 3.96. The van der Waals surface area contributed by atoms with Crippen molar-refractivity contribution >= 4 is 39.7 Å². The number of sulfonamides is 1. The molecule has 1 aromatic rings. The van der Waals surface area contributed by atoms with E-state index in [1.165, 1.54) is 4.90 Å². The summed E-state index contributed by atoms with van der Waals surface area (Å²) < 4.78 is 72.0. The SMILES string of the molecule is O=C(CCC(F)(F)F)N[C@H]1CCCCCC=C[C@@H]2C[C@@]2(C(=O)NS(=O)(=O)C2CC2)NC(=O)[C@@H]2C[C@@H](OC(=O)N3Cc4ccccc4C3)CN2C1=O. The highest BCUT2D eigenvalue weighted by Crippen LogP contribution is 2.46. The van der Waals surface area contributed by atoms with Crippen molar-refractivity contribution in [2.24, 2.45) is 5.92 Å². The number of nitrogens with one attached hydrogen (secondary N) is 3. The molecule has 13 nitrogen and oxygen atoms in total. The van der Waals surface area contributed by atoms with E-state index < -0.39 is 93.7 Å². The number of fused-ring (bicyclic) bond motifs is 3. The Kier molecular flexibility index (Phi) is 10.4. The monoisotopic (exact) mass is 737 g/mol. The number of hydrogen-bond acceptors (Lipinski definition) is 8. The number of alkyl halides is 3. The van der Waals surface area contributed by atoms with Crippen molar-refractivity contribution in [3.05, 3.63) is 47.5 Å². The lowest BCUT2D eigenvalue weighted by Gasteiger charge is -2.30. The molecule has 5 amide bonds. The standard InChI is InChI=1S/C34H42F3N5O8S/c35-34(36,37)15-14-28(43)38-26-11-5-3-1-2-4-10-23-17-33(23,31(46)40-51(48,49)25-12-13-25)39-29(44)27-16-24(20-42(27)30(26)45)50-32(47)41-18-21-8-6-7-9-22(21)19-41/h4,6-10,23-27H,1-3,5,11-20H2,(H,38,43)(H,39,44)(H,40,46)/t23-,24-,26+,27+,33-/m1/s1. The lowest BCUT2D eigenvalue weighted by molar-refractivity contribution is -0.146. The summed E-state index contributed by atoms with van der Waals surface area (Å²) >= 11 is 0. The highest BCUT2D eigenvalue weighted by atomic mass is 32.2. The predicted octanol–water partition coefficient (Wildman–Crippen LogP) is 2.94. The molecular formula is C34H42F3N5O8S. The number of benzene rings is 1. The van der Waals surface area contributed by atoms with Gasteiger partial charge in [-0.05, 0) is 49.7 Å². The number of ether oxygens (including phenoxy) is 1. The van der Waals surface area contributed by atoms with Crippen LogP contribution >= 0.6 is 0 Å². The summed E-state index contributed by atoms with van der Waals surface area (Å²) in [6.45, 7) is 0.351. The molecule has 3 heterocycles. The Morgan fingerprint density at radius 2 is 1.73 bits per heavy atom.